The molecule has 0 spiro atoms. The Hall–Kier alpha value is -0.490. The summed E-state index contributed by atoms with van der Waals surface area (Å²) in [6, 6.07) is 0. The number of hydrogen-bond donors (Lipinski definition) is 1. The molecule has 0 atom stereocenters. The van der Waals surface area contributed by atoms with Gasteiger partial charge in [-0.15, -0.1) is 11.3 Å². The first-order valence-electron chi connectivity index (χ1n) is 6.45. The van der Waals surface area contributed by atoms with Crippen molar-refractivity contribution in [2.24, 2.45) is 0 Å². The highest BCUT2D eigenvalue weighted by atomic mass is 35.6. The van der Waals surface area contributed by atoms with E-state index < -0.39 is 15.7 Å². The Balaban J connectivity index is 2.41. The van der Waals surface area contributed by atoms with Crippen molar-refractivity contribution in [3.8, 4) is 0 Å². The molecule has 1 aliphatic carbocycles. The molecule has 1 heterocycles. The lowest BCUT2D eigenvalue weighted by Crippen LogP contribution is -2.27. The Morgan fingerprint density at radius 2 is 1.86 bits per heavy atom. The number of fused-ring (bicyclic) bond motifs is 1. The molecule has 1 aliphatic rings. The largest absolute Gasteiger partial charge is 0.465 e. The smallest absolute Gasteiger partial charge is 0.341 e. The number of carbonyl (C=O) groups is 2. The summed E-state index contributed by atoms with van der Waals surface area (Å²) in [4.78, 5) is 25.0. The lowest BCUT2D eigenvalue weighted by molar-refractivity contribution is -0.115. The van der Waals surface area contributed by atoms with Crippen LogP contribution in [0.5, 0.6) is 0 Å². The van der Waals surface area contributed by atoms with Gasteiger partial charge in [-0.3, -0.25) is 4.79 Å². The minimum Gasteiger partial charge on any atom is -0.465 e. The van der Waals surface area contributed by atoms with Gasteiger partial charge in [0.1, 0.15) is 5.00 Å². The van der Waals surface area contributed by atoms with E-state index >= 15 is 0 Å². The maximum Gasteiger partial charge on any atom is 0.341 e. The van der Waals surface area contributed by atoms with E-state index in [1.165, 1.54) is 18.4 Å². The van der Waals surface area contributed by atoms with Crippen molar-refractivity contribution in [3.63, 3.8) is 0 Å². The van der Waals surface area contributed by atoms with E-state index in [-0.39, 0.29) is 0 Å². The number of esters is 1. The van der Waals surface area contributed by atoms with Gasteiger partial charge < -0.3 is 10.1 Å². The highest BCUT2D eigenvalue weighted by molar-refractivity contribution is 7.17. The first-order chi connectivity index (χ1) is 9.84. The van der Waals surface area contributed by atoms with Crippen molar-refractivity contribution in [1.29, 1.82) is 0 Å². The van der Waals surface area contributed by atoms with Gasteiger partial charge in [-0.1, -0.05) is 41.2 Å². The van der Waals surface area contributed by atoms with E-state index in [4.69, 9.17) is 39.5 Å². The number of ether oxygens (including phenoxy) is 1. The number of amides is 1. The summed E-state index contributed by atoms with van der Waals surface area (Å²) >= 11 is 18.0. The topological polar surface area (TPSA) is 55.4 Å². The van der Waals surface area contributed by atoms with Crippen molar-refractivity contribution in [3.05, 3.63) is 16.0 Å². The van der Waals surface area contributed by atoms with Crippen molar-refractivity contribution in [2.75, 3.05) is 12.4 Å². The Labute approximate surface area is 141 Å². The van der Waals surface area contributed by atoms with Gasteiger partial charge in [0.05, 0.1) is 12.7 Å². The average Bonchev–Trinajstić information content (AvgIpc) is 2.59. The number of methoxy groups -OCH3 is 1. The number of halogens is 3. The van der Waals surface area contributed by atoms with Gasteiger partial charge >= 0.3 is 5.97 Å². The van der Waals surface area contributed by atoms with Crippen LogP contribution in [0, 0.1) is 0 Å². The molecular weight excluding hydrogens is 357 g/mol. The van der Waals surface area contributed by atoms with E-state index in [1.807, 2.05) is 0 Å². The van der Waals surface area contributed by atoms with Crippen LogP contribution in [0.4, 0.5) is 5.00 Å². The Bertz CT molecular complexity index is 566. The first-order valence-corrected chi connectivity index (χ1v) is 8.40. The molecule has 4 nitrogen and oxygen atoms in total. The third-order valence-electron chi connectivity index (χ3n) is 3.30. The first kappa shape index (κ1) is 16.9. The van der Waals surface area contributed by atoms with Crippen molar-refractivity contribution >= 4 is 63.0 Å². The van der Waals surface area contributed by atoms with Crippen LogP contribution in [0.3, 0.4) is 0 Å². The fourth-order valence-corrected chi connectivity index (χ4v) is 3.74. The lowest BCUT2D eigenvalue weighted by atomic mass is 10.1. The number of hydrogen-bond acceptors (Lipinski definition) is 4. The summed E-state index contributed by atoms with van der Waals surface area (Å²) in [5.41, 5.74) is 1.34. The predicted octanol–water partition coefficient (Wildman–Crippen LogP) is 4.11. The SMILES string of the molecule is COC(=O)c1c(NC(=O)C(Cl)(Cl)Cl)sc2c1CCCCC2. The molecule has 0 unspecified atom stereocenters. The van der Waals surface area contributed by atoms with Gasteiger partial charge in [0, 0.05) is 4.88 Å². The molecule has 0 saturated heterocycles. The van der Waals surface area contributed by atoms with Gasteiger partial charge in [-0.05, 0) is 31.2 Å². The van der Waals surface area contributed by atoms with Crippen LogP contribution < -0.4 is 5.32 Å². The minimum atomic E-state index is -2.07. The Morgan fingerprint density at radius 1 is 1.19 bits per heavy atom. The molecule has 0 radical (unpaired) electrons. The molecule has 0 fully saturated rings. The second-order valence-electron chi connectivity index (χ2n) is 4.71. The predicted molar refractivity (Wildman–Crippen MR) is 85.8 cm³/mol. The lowest BCUT2D eigenvalue weighted by Gasteiger charge is -2.11. The number of rotatable bonds is 2. The van der Waals surface area contributed by atoms with Crippen molar-refractivity contribution < 1.29 is 14.3 Å². The van der Waals surface area contributed by atoms with Crippen LogP contribution in [0.1, 0.15) is 40.1 Å². The van der Waals surface area contributed by atoms with E-state index in [0.717, 1.165) is 42.5 Å². The van der Waals surface area contributed by atoms with Gasteiger partial charge in [0.25, 0.3) is 9.70 Å². The number of thiophene rings is 1. The molecule has 1 amide bonds. The van der Waals surface area contributed by atoms with E-state index in [2.05, 4.69) is 5.32 Å². The molecule has 0 aromatic carbocycles. The normalized spacial score (nSPS) is 15.0. The summed E-state index contributed by atoms with van der Waals surface area (Å²) in [5, 5.41) is 2.92. The fraction of sp³-hybridized carbons (Fsp3) is 0.538. The van der Waals surface area contributed by atoms with E-state index in [1.54, 1.807) is 0 Å². The Morgan fingerprint density at radius 3 is 2.48 bits per heavy atom. The van der Waals surface area contributed by atoms with Crippen LogP contribution in [-0.2, 0) is 22.4 Å². The van der Waals surface area contributed by atoms with Crippen LogP contribution in [0.2, 0.25) is 0 Å². The monoisotopic (exact) mass is 369 g/mol. The zero-order valence-electron chi connectivity index (χ0n) is 11.3. The van der Waals surface area contributed by atoms with E-state index in [9.17, 15) is 9.59 Å². The number of carbonyl (C=O) groups excluding carboxylic acids is 2. The minimum absolute atomic E-state index is 0.391. The van der Waals surface area contributed by atoms with Gasteiger partial charge in [-0.25, -0.2) is 4.79 Å². The maximum atomic E-state index is 12.0. The molecule has 1 N–H and O–H groups in total. The highest BCUT2D eigenvalue weighted by Gasteiger charge is 2.33. The average molecular weight is 371 g/mol. The van der Waals surface area contributed by atoms with Crippen LogP contribution in [0.15, 0.2) is 0 Å². The second-order valence-corrected chi connectivity index (χ2v) is 8.10. The molecular formula is C13H14Cl3NO3S. The molecule has 0 saturated carbocycles. The van der Waals surface area contributed by atoms with Gasteiger partial charge in [0.15, 0.2) is 0 Å². The zero-order chi connectivity index (χ0) is 15.6. The maximum absolute atomic E-state index is 12.0. The quantitative estimate of drug-likeness (QED) is 0.484. The van der Waals surface area contributed by atoms with Crippen molar-refractivity contribution in [2.45, 2.75) is 35.9 Å². The molecule has 116 valence electrons. The van der Waals surface area contributed by atoms with Gasteiger partial charge in [0.2, 0.25) is 0 Å². The number of aryl methyl sites for hydroxylation is 1. The number of anilines is 1. The standard InChI is InChI=1S/C13H14Cl3NO3S/c1-20-11(18)9-7-5-3-2-4-6-8(7)21-10(9)17-12(19)13(14,15)16/h2-6H2,1H3,(H,17,19). The molecule has 0 aliphatic heterocycles. The highest BCUT2D eigenvalue weighted by Crippen LogP contribution is 2.39. The Kier molecular flexibility index (Phi) is 5.41. The summed E-state index contributed by atoms with van der Waals surface area (Å²) in [6.45, 7) is 0. The molecule has 0 bridgehead atoms. The summed E-state index contributed by atoms with van der Waals surface area (Å²) in [5.74, 6) is -1.26. The fourth-order valence-electron chi connectivity index (χ4n) is 2.32. The zero-order valence-corrected chi connectivity index (χ0v) is 14.4. The third-order valence-corrected chi connectivity index (χ3v) is 5.02. The van der Waals surface area contributed by atoms with Crippen molar-refractivity contribution in [1.82, 2.24) is 0 Å². The molecule has 1 aromatic rings. The van der Waals surface area contributed by atoms with Crippen LogP contribution >= 0.6 is 46.1 Å². The summed E-state index contributed by atoms with van der Waals surface area (Å²) in [6.07, 6.45) is 4.86. The van der Waals surface area contributed by atoms with Gasteiger partial charge in [-0.2, -0.15) is 0 Å². The van der Waals surface area contributed by atoms with Crippen LogP contribution in [0.25, 0.3) is 0 Å². The second kappa shape index (κ2) is 6.73. The summed E-state index contributed by atoms with van der Waals surface area (Å²) in [7, 11) is 1.31. The molecule has 2 rings (SSSR count). The third kappa shape index (κ3) is 3.83. The van der Waals surface area contributed by atoms with E-state index in [0.29, 0.717) is 10.6 Å². The molecule has 1 aromatic heterocycles. The van der Waals surface area contributed by atoms with Crippen LogP contribution in [-0.4, -0.2) is 22.8 Å². The number of alkyl halides is 3. The number of nitrogens with one attached hydrogen (secondary N) is 1. The molecule has 21 heavy (non-hydrogen) atoms. The summed E-state index contributed by atoms with van der Waals surface area (Å²) < 4.78 is 2.75. The molecule has 8 heteroatoms.